The van der Waals surface area contributed by atoms with Crippen LogP contribution in [0.1, 0.15) is 5.56 Å². The van der Waals surface area contributed by atoms with Crippen LogP contribution in [-0.4, -0.2) is 26.2 Å². The summed E-state index contributed by atoms with van der Waals surface area (Å²) < 4.78 is 43.3. The summed E-state index contributed by atoms with van der Waals surface area (Å²) in [4.78, 5) is -0.280. The Morgan fingerprint density at radius 3 is 2.23 bits per heavy atom. The summed E-state index contributed by atoms with van der Waals surface area (Å²) in [6.45, 7) is 4.32. The van der Waals surface area contributed by atoms with E-state index in [0.717, 1.165) is 5.56 Å². The van der Waals surface area contributed by atoms with Crippen molar-refractivity contribution in [3.05, 3.63) is 60.7 Å². The second-order valence-corrected chi connectivity index (χ2v) is 5.78. The molecule has 0 radical (unpaired) electrons. The molecule has 2 rings (SSSR count). The van der Waals surface area contributed by atoms with Crippen molar-refractivity contribution in [1.82, 2.24) is 0 Å². The van der Waals surface area contributed by atoms with E-state index in [0.29, 0.717) is 24.7 Å². The molecule has 2 aromatic rings. The standard InChI is InChI=1S/C16H16O5S/c1-2-13-4-3-5-15(12-13)21-11-10-20-14-6-8-16(9-7-14)22(17,18)19/h2-9,12H,1,10-11H2,(H,17,18,19)/p-1. The van der Waals surface area contributed by atoms with Gasteiger partial charge in [-0.05, 0) is 42.0 Å². The lowest BCUT2D eigenvalue weighted by Gasteiger charge is -2.10. The predicted molar refractivity (Wildman–Crippen MR) is 81.9 cm³/mol. The van der Waals surface area contributed by atoms with Crippen molar-refractivity contribution in [3.63, 3.8) is 0 Å². The van der Waals surface area contributed by atoms with Gasteiger partial charge in [-0.3, -0.25) is 0 Å². The van der Waals surface area contributed by atoms with Crippen molar-refractivity contribution < 1.29 is 22.4 Å². The number of ether oxygens (including phenoxy) is 2. The topological polar surface area (TPSA) is 75.7 Å². The number of benzene rings is 2. The highest BCUT2D eigenvalue weighted by Gasteiger charge is 2.01. The summed E-state index contributed by atoms with van der Waals surface area (Å²) in [7, 11) is -4.43. The minimum Gasteiger partial charge on any atom is -0.744 e. The van der Waals surface area contributed by atoms with Gasteiger partial charge in [0.15, 0.2) is 0 Å². The van der Waals surface area contributed by atoms with Gasteiger partial charge in [0.05, 0.1) is 4.90 Å². The maximum absolute atomic E-state index is 10.8. The third-order valence-electron chi connectivity index (χ3n) is 2.83. The first-order valence-electron chi connectivity index (χ1n) is 6.53. The summed E-state index contributed by atoms with van der Waals surface area (Å²) in [5.74, 6) is 1.18. The Morgan fingerprint density at radius 1 is 1.00 bits per heavy atom. The highest BCUT2D eigenvalue weighted by Crippen LogP contribution is 2.16. The van der Waals surface area contributed by atoms with Gasteiger partial charge in [0.2, 0.25) is 0 Å². The van der Waals surface area contributed by atoms with Crippen LogP contribution < -0.4 is 9.47 Å². The van der Waals surface area contributed by atoms with Gasteiger partial charge < -0.3 is 14.0 Å². The predicted octanol–water partition coefficient (Wildman–Crippen LogP) is 2.69. The van der Waals surface area contributed by atoms with Gasteiger partial charge in [-0.15, -0.1) is 0 Å². The molecule has 0 amide bonds. The molecule has 22 heavy (non-hydrogen) atoms. The summed E-state index contributed by atoms with van der Waals surface area (Å²) in [6.07, 6.45) is 1.73. The lowest BCUT2D eigenvalue weighted by Crippen LogP contribution is -2.09. The van der Waals surface area contributed by atoms with Crippen LogP contribution in [0.4, 0.5) is 0 Å². The van der Waals surface area contributed by atoms with Crippen LogP contribution in [0.2, 0.25) is 0 Å². The van der Waals surface area contributed by atoms with Crippen LogP contribution in [0.3, 0.4) is 0 Å². The average Bonchev–Trinajstić information content (AvgIpc) is 2.51. The molecule has 0 aromatic heterocycles. The fourth-order valence-corrected chi connectivity index (χ4v) is 2.22. The molecule has 5 nitrogen and oxygen atoms in total. The Morgan fingerprint density at radius 2 is 1.64 bits per heavy atom. The second-order valence-electron chi connectivity index (χ2n) is 4.40. The molecule has 0 atom stereocenters. The van der Waals surface area contributed by atoms with E-state index in [2.05, 4.69) is 6.58 Å². The average molecular weight is 319 g/mol. The monoisotopic (exact) mass is 319 g/mol. The maximum atomic E-state index is 10.8. The molecular formula is C16H15O5S-. The van der Waals surface area contributed by atoms with Gasteiger partial charge in [0.1, 0.15) is 34.8 Å². The molecule has 0 bridgehead atoms. The Kier molecular flexibility index (Phi) is 5.19. The summed E-state index contributed by atoms with van der Waals surface area (Å²) in [5, 5.41) is 0. The van der Waals surface area contributed by atoms with Crippen molar-refractivity contribution in [1.29, 1.82) is 0 Å². The third-order valence-corrected chi connectivity index (χ3v) is 3.68. The second kappa shape index (κ2) is 7.11. The largest absolute Gasteiger partial charge is 0.744 e. The normalized spacial score (nSPS) is 11.0. The SMILES string of the molecule is C=Cc1cccc(OCCOc2ccc(S(=O)(=O)[O-])cc2)c1. The van der Waals surface area contributed by atoms with Crippen LogP contribution in [0.15, 0.2) is 60.0 Å². The molecule has 0 fully saturated rings. The Hall–Kier alpha value is -2.31. The fraction of sp³-hybridized carbons (Fsp3) is 0.125. The molecule has 0 N–H and O–H groups in total. The number of hydrogen-bond donors (Lipinski definition) is 0. The lowest BCUT2D eigenvalue weighted by atomic mass is 10.2. The molecule has 116 valence electrons. The Labute approximate surface area is 129 Å². The molecule has 0 spiro atoms. The first-order chi connectivity index (χ1) is 10.5. The molecule has 0 saturated carbocycles. The summed E-state index contributed by atoms with van der Waals surface area (Å²) >= 11 is 0. The van der Waals surface area contributed by atoms with Crippen molar-refractivity contribution >= 4 is 16.2 Å². The van der Waals surface area contributed by atoms with Crippen molar-refractivity contribution in [2.45, 2.75) is 4.90 Å². The molecular weight excluding hydrogens is 304 g/mol. The quantitative estimate of drug-likeness (QED) is 0.579. The van der Waals surface area contributed by atoms with Crippen LogP contribution in [0.5, 0.6) is 11.5 Å². The molecule has 0 heterocycles. The zero-order chi connectivity index (χ0) is 16.0. The van der Waals surface area contributed by atoms with Crippen molar-refractivity contribution in [2.75, 3.05) is 13.2 Å². The maximum Gasteiger partial charge on any atom is 0.124 e. The van der Waals surface area contributed by atoms with Gasteiger partial charge in [0.25, 0.3) is 0 Å². The first-order valence-corrected chi connectivity index (χ1v) is 7.94. The fourth-order valence-electron chi connectivity index (χ4n) is 1.75. The van der Waals surface area contributed by atoms with Gasteiger partial charge in [0, 0.05) is 0 Å². The zero-order valence-electron chi connectivity index (χ0n) is 11.8. The van der Waals surface area contributed by atoms with Crippen LogP contribution >= 0.6 is 0 Å². The molecule has 0 aliphatic rings. The van der Waals surface area contributed by atoms with E-state index in [1.54, 1.807) is 6.08 Å². The number of rotatable bonds is 7. The smallest absolute Gasteiger partial charge is 0.124 e. The first kappa shape index (κ1) is 16.1. The van der Waals surface area contributed by atoms with E-state index in [4.69, 9.17) is 9.47 Å². The number of hydrogen-bond acceptors (Lipinski definition) is 5. The van der Waals surface area contributed by atoms with Gasteiger partial charge in [-0.2, -0.15) is 0 Å². The lowest BCUT2D eigenvalue weighted by molar-refractivity contribution is 0.217. The highest BCUT2D eigenvalue weighted by molar-refractivity contribution is 7.85. The van der Waals surface area contributed by atoms with Gasteiger partial charge >= 0.3 is 0 Å². The van der Waals surface area contributed by atoms with Crippen molar-refractivity contribution in [3.8, 4) is 11.5 Å². The molecule has 0 unspecified atom stereocenters. The highest BCUT2D eigenvalue weighted by atomic mass is 32.2. The van der Waals surface area contributed by atoms with E-state index in [-0.39, 0.29) is 4.90 Å². The molecule has 0 aliphatic heterocycles. The zero-order valence-corrected chi connectivity index (χ0v) is 12.6. The van der Waals surface area contributed by atoms with Crippen LogP contribution in [-0.2, 0) is 10.1 Å². The van der Waals surface area contributed by atoms with Crippen LogP contribution in [0, 0.1) is 0 Å². The minimum absolute atomic E-state index is 0.280. The minimum atomic E-state index is -4.43. The summed E-state index contributed by atoms with van der Waals surface area (Å²) in [5.41, 5.74) is 0.966. The third kappa shape index (κ3) is 4.61. The molecule has 0 aliphatic carbocycles. The van der Waals surface area contributed by atoms with Gasteiger partial charge in [-0.25, -0.2) is 8.42 Å². The van der Waals surface area contributed by atoms with E-state index in [1.807, 2.05) is 24.3 Å². The van der Waals surface area contributed by atoms with E-state index < -0.39 is 10.1 Å². The molecule has 0 saturated heterocycles. The van der Waals surface area contributed by atoms with Crippen molar-refractivity contribution in [2.24, 2.45) is 0 Å². The molecule has 2 aromatic carbocycles. The van der Waals surface area contributed by atoms with Crippen LogP contribution in [0.25, 0.3) is 6.08 Å². The van der Waals surface area contributed by atoms with E-state index in [9.17, 15) is 13.0 Å². The Bertz CT molecular complexity index is 735. The van der Waals surface area contributed by atoms with E-state index >= 15 is 0 Å². The van der Waals surface area contributed by atoms with E-state index in [1.165, 1.54) is 24.3 Å². The van der Waals surface area contributed by atoms with Gasteiger partial charge in [-0.1, -0.05) is 24.8 Å². The summed E-state index contributed by atoms with van der Waals surface area (Å²) in [6, 6.07) is 12.8. The Balaban J connectivity index is 1.82. The molecule has 6 heteroatoms.